The fourth-order valence-electron chi connectivity index (χ4n) is 1.37. The molecule has 0 aromatic carbocycles. The third-order valence-corrected chi connectivity index (χ3v) is 3.26. The van der Waals surface area contributed by atoms with Crippen molar-refractivity contribution in [2.45, 2.75) is 20.4 Å². The molecule has 0 radical (unpaired) electrons. The maximum absolute atomic E-state index is 10.7. The summed E-state index contributed by atoms with van der Waals surface area (Å²) in [5.41, 5.74) is 1.79. The molecule has 0 saturated carbocycles. The Morgan fingerprint density at radius 1 is 1.59 bits per heavy atom. The van der Waals surface area contributed by atoms with Crippen LogP contribution in [0.15, 0.2) is 10.7 Å². The number of carboxylic acids is 1. The Morgan fingerprint density at radius 3 is 2.88 bits per heavy atom. The number of aryl methyl sites for hydroxylation is 2. The zero-order valence-corrected chi connectivity index (χ0v) is 10.2. The Morgan fingerprint density at radius 2 is 2.35 bits per heavy atom. The van der Waals surface area contributed by atoms with E-state index in [9.17, 15) is 4.79 Å². The molecule has 0 spiro atoms. The Kier molecular flexibility index (Phi) is 3.10. The monoisotopic (exact) mass is 253 g/mol. The number of nitrogens with zero attached hydrogens (tertiary/aromatic N) is 2. The fourth-order valence-corrected chi connectivity index (χ4v) is 2.02. The number of thiazole rings is 1. The zero-order valence-electron chi connectivity index (χ0n) is 9.35. The van der Waals surface area contributed by atoms with E-state index < -0.39 is 5.97 Å². The fraction of sp³-hybridized carbons (Fsp3) is 0.300. The van der Waals surface area contributed by atoms with E-state index in [2.05, 4.69) is 15.5 Å². The van der Waals surface area contributed by atoms with Crippen molar-refractivity contribution in [3.8, 4) is 0 Å². The van der Waals surface area contributed by atoms with Crippen molar-refractivity contribution in [2.24, 2.45) is 0 Å². The van der Waals surface area contributed by atoms with Gasteiger partial charge in [0.05, 0.1) is 11.9 Å². The summed E-state index contributed by atoms with van der Waals surface area (Å²) in [5.74, 6) is -0.210. The van der Waals surface area contributed by atoms with Gasteiger partial charge in [-0.3, -0.25) is 0 Å². The molecule has 0 aliphatic heterocycles. The number of anilines is 1. The van der Waals surface area contributed by atoms with Crippen LogP contribution in [0.1, 0.15) is 26.7 Å². The zero-order chi connectivity index (χ0) is 12.4. The summed E-state index contributed by atoms with van der Waals surface area (Å²) >= 11 is 1.10. The van der Waals surface area contributed by atoms with Crippen molar-refractivity contribution in [3.63, 3.8) is 0 Å². The van der Waals surface area contributed by atoms with E-state index in [0.717, 1.165) is 28.4 Å². The van der Waals surface area contributed by atoms with Gasteiger partial charge in [-0.05, 0) is 13.8 Å². The summed E-state index contributed by atoms with van der Waals surface area (Å²) in [6, 6.07) is 0. The number of carboxylic acid groups (broad SMARTS) is 1. The van der Waals surface area contributed by atoms with Gasteiger partial charge in [0.25, 0.3) is 0 Å². The largest absolute Gasteiger partial charge is 0.477 e. The number of aromatic nitrogens is 2. The number of hydrogen-bond acceptors (Lipinski definition) is 6. The van der Waals surface area contributed by atoms with Crippen molar-refractivity contribution in [1.29, 1.82) is 0 Å². The van der Waals surface area contributed by atoms with Gasteiger partial charge in [-0.1, -0.05) is 16.5 Å². The van der Waals surface area contributed by atoms with Gasteiger partial charge >= 0.3 is 5.97 Å². The maximum atomic E-state index is 10.7. The van der Waals surface area contributed by atoms with Gasteiger partial charge in [0.2, 0.25) is 0 Å². The van der Waals surface area contributed by atoms with Gasteiger partial charge < -0.3 is 14.9 Å². The lowest BCUT2D eigenvalue weighted by molar-refractivity contribution is 0.0702. The number of rotatable bonds is 4. The first-order valence-corrected chi connectivity index (χ1v) is 5.74. The first-order chi connectivity index (χ1) is 8.08. The lowest BCUT2D eigenvalue weighted by Crippen LogP contribution is -2.00. The molecule has 2 aromatic heterocycles. The highest BCUT2D eigenvalue weighted by atomic mass is 32.1. The van der Waals surface area contributed by atoms with Crippen LogP contribution in [0.4, 0.5) is 5.13 Å². The van der Waals surface area contributed by atoms with E-state index in [4.69, 9.17) is 9.63 Å². The van der Waals surface area contributed by atoms with E-state index in [1.54, 1.807) is 0 Å². The molecule has 6 nitrogen and oxygen atoms in total. The normalized spacial score (nSPS) is 10.5. The molecule has 0 atom stereocenters. The van der Waals surface area contributed by atoms with Crippen molar-refractivity contribution in [3.05, 3.63) is 28.1 Å². The molecule has 0 saturated heterocycles. The second kappa shape index (κ2) is 4.54. The van der Waals surface area contributed by atoms with Crippen molar-refractivity contribution >= 4 is 22.4 Å². The Balaban J connectivity index is 2.05. The van der Waals surface area contributed by atoms with E-state index in [0.29, 0.717) is 11.7 Å². The Labute approximate surface area is 101 Å². The van der Waals surface area contributed by atoms with E-state index >= 15 is 0 Å². The minimum Gasteiger partial charge on any atom is -0.477 e. The highest BCUT2D eigenvalue weighted by Gasteiger charge is 2.11. The number of carbonyl (C=O) groups is 1. The van der Waals surface area contributed by atoms with Crippen molar-refractivity contribution in [2.75, 3.05) is 5.32 Å². The minimum atomic E-state index is -0.965. The van der Waals surface area contributed by atoms with Crippen LogP contribution in [0.25, 0.3) is 0 Å². The molecular weight excluding hydrogens is 242 g/mol. The van der Waals surface area contributed by atoms with Gasteiger partial charge in [-0.25, -0.2) is 9.78 Å². The van der Waals surface area contributed by atoms with Crippen LogP contribution in [0, 0.1) is 13.8 Å². The highest BCUT2D eigenvalue weighted by Crippen LogP contribution is 2.20. The van der Waals surface area contributed by atoms with Crippen LogP contribution < -0.4 is 5.32 Å². The summed E-state index contributed by atoms with van der Waals surface area (Å²) < 4.78 is 5.03. The van der Waals surface area contributed by atoms with E-state index in [-0.39, 0.29) is 4.88 Å². The SMILES string of the molecule is Cc1noc(C)c1CNc1ncc(C(=O)O)s1. The maximum Gasteiger partial charge on any atom is 0.347 e. The van der Waals surface area contributed by atoms with Crippen LogP contribution in [0.2, 0.25) is 0 Å². The molecule has 0 aliphatic carbocycles. The van der Waals surface area contributed by atoms with Crippen molar-refractivity contribution in [1.82, 2.24) is 10.1 Å². The third-order valence-electron chi connectivity index (χ3n) is 2.31. The van der Waals surface area contributed by atoms with Gasteiger partial charge in [-0.2, -0.15) is 0 Å². The molecule has 2 heterocycles. The summed E-state index contributed by atoms with van der Waals surface area (Å²) in [4.78, 5) is 14.9. The summed E-state index contributed by atoms with van der Waals surface area (Å²) in [6.45, 7) is 4.22. The number of aromatic carboxylic acids is 1. The molecule has 2 aromatic rings. The van der Waals surface area contributed by atoms with E-state index in [1.807, 2.05) is 13.8 Å². The summed E-state index contributed by atoms with van der Waals surface area (Å²) in [7, 11) is 0. The topological polar surface area (TPSA) is 88.3 Å². The lowest BCUT2D eigenvalue weighted by atomic mass is 10.2. The number of nitrogens with one attached hydrogen (secondary N) is 1. The Hall–Kier alpha value is -1.89. The second-order valence-electron chi connectivity index (χ2n) is 3.49. The molecule has 0 fully saturated rings. The van der Waals surface area contributed by atoms with Gasteiger partial charge in [0.15, 0.2) is 5.13 Å². The average molecular weight is 253 g/mol. The molecule has 0 aliphatic rings. The van der Waals surface area contributed by atoms with Crippen LogP contribution >= 0.6 is 11.3 Å². The molecular formula is C10H11N3O3S. The number of hydrogen-bond donors (Lipinski definition) is 2. The van der Waals surface area contributed by atoms with Crippen molar-refractivity contribution < 1.29 is 14.4 Å². The molecule has 0 unspecified atom stereocenters. The molecule has 7 heteroatoms. The van der Waals surface area contributed by atoms with Gasteiger partial charge in [0, 0.05) is 12.1 Å². The molecule has 0 bridgehead atoms. The molecule has 90 valence electrons. The van der Waals surface area contributed by atoms with Crippen LogP contribution in [0.3, 0.4) is 0 Å². The molecule has 17 heavy (non-hydrogen) atoms. The predicted molar refractivity (Wildman–Crippen MR) is 62.4 cm³/mol. The molecule has 2 N–H and O–H groups in total. The highest BCUT2D eigenvalue weighted by molar-refractivity contribution is 7.17. The van der Waals surface area contributed by atoms with Crippen LogP contribution in [-0.2, 0) is 6.54 Å². The summed E-state index contributed by atoms with van der Waals surface area (Å²) in [6.07, 6.45) is 1.34. The average Bonchev–Trinajstić information content (AvgIpc) is 2.85. The van der Waals surface area contributed by atoms with Gasteiger partial charge in [0.1, 0.15) is 10.6 Å². The van der Waals surface area contributed by atoms with Crippen LogP contribution in [-0.4, -0.2) is 21.2 Å². The standard InChI is InChI=1S/C10H11N3O3S/c1-5-7(6(2)16-13-5)3-11-10-12-4-8(17-10)9(14)15/h4H,3H2,1-2H3,(H,11,12)(H,14,15). The first-order valence-electron chi connectivity index (χ1n) is 4.92. The van der Waals surface area contributed by atoms with Crippen LogP contribution in [0.5, 0.6) is 0 Å². The second-order valence-corrected chi connectivity index (χ2v) is 4.52. The lowest BCUT2D eigenvalue weighted by Gasteiger charge is -2.00. The molecule has 2 rings (SSSR count). The van der Waals surface area contributed by atoms with E-state index in [1.165, 1.54) is 6.20 Å². The molecule has 0 amide bonds. The predicted octanol–water partition coefficient (Wildman–Crippen LogP) is 2.06. The van der Waals surface area contributed by atoms with Gasteiger partial charge in [-0.15, -0.1) is 0 Å². The third kappa shape index (κ3) is 2.44. The summed E-state index contributed by atoms with van der Waals surface area (Å²) in [5, 5.41) is 16.2. The smallest absolute Gasteiger partial charge is 0.347 e. The Bertz CT molecular complexity index is 527. The quantitative estimate of drug-likeness (QED) is 0.867. The minimum absolute atomic E-state index is 0.214. The first kappa shape index (κ1) is 11.6.